The molecule has 2 aliphatic rings. The molecular formula is C17H26N4O2. The topological polar surface area (TPSA) is 56.8 Å². The van der Waals surface area contributed by atoms with E-state index in [0.717, 1.165) is 57.0 Å². The van der Waals surface area contributed by atoms with Gasteiger partial charge in [-0.2, -0.15) is 0 Å². The second-order valence-corrected chi connectivity index (χ2v) is 6.39. The van der Waals surface area contributed by atoms with E-state index < -0.39 is 0 Å². The van der Waals surface area contributed by atoms with E-state index in [9.17, 15) is 4.79 Å². The maximum absolute atomic E-state index is 11.7. The predicted octanol–water partition coefficient (Wildman–Crippen LogP) is 1.60. The number of amides is 2. The quantitative estimate of drug-likeness (QED) is 0.836. The summed E-state index contributed by atoms with van der Waals surface area (Å²) in [5.74, 6) is 0.840. The number of carbonyl (C=O) groups excluding carboxylic acids is 1. The molecule has 0 spiro atoms. The van der Waals surface area contributed by atoms with Crippen LogP contribution in [-0.4, -0.2) is 68.3 Å². The molecular weight excluding hydrogens is 292 g/mol. The van der Waals surface area contributed by atoms with E-state index in [1.807, 2.05) is 24.3 Å². The third kappa shape index (κ3) is 5.41. The van der Waals surface area contributed by atoms with Gasteiger partial charge in [-0.05, 0) is 44.2 Å². The van der Waals surface area contributed by atoms with E-state index in [-0.39, 0.29) is 6.03 Å². The van der Waals surface area contributed by atoms with Crippen molar-refractivity contribution in [2.24, 2.45) is 0 Å². The molecule has 1 saturated carbocycles. The zero-order valence-corrected chi connectivity index (χ0v) is 13.8. The lowest BCUT2D eigenvalue weighted by Crippen LogP contribution is -2.45. The van der Waals surface area contributed by atoms with Gasteiger partial charge >= 0.3 is 6.03 Å². The zero-order chi connectivity index (χ0) is 16.1. The molecule has 0 bridgehead atoms. The fourth-order valence-electron chi connectivity index (χ4n) is 2.58. The van der Waals surface area contributed by atoms with Gasteiger partial charge in [0.1, 0.15) is 12.4 Å². The van der Waals surface area contributed by atoms with Crippen LogP contribution in [0.1, 0.15) is 12.8 Å². The lowest BCUT2D eigenvalue weighted by molar-refractivity contribution is 0.134. The molecule has 1 aliphatic carbocycles. The molecule has 0 atom stereocenters. The van der Waals surface area contributed by atoms with Gasteiger partial charge in [-0.15, -0.1) is 0 Å². The van der Waals surface area contributed by atoms with Gasteiger partial charge in [-0.3, -0.25) is 4.90 Å². The maximum Gasteiger partial charge on any atom is 0.319 e. The van der Waals surface area contributed by atoms with Gasteiger partial charge in [0.05, 0.1) is 0 Å². The van der Waals surface area contributed by atoms with Crippen LogP contribution >= 0.6 is 0 Å². The van der Waals surface area contributed by atoms with Crippen LogP contribution in [0.15, 0.2) is 24.3 Å². The number of likely N-dealkylation sites (N-methyl/N-ethyl adjacent to an activating group) is 1. The molecule has 0 radical (unpaired) electrons. The Morgan fingerprint density at radius 1 is 1.17 bits per heavy atom. The van der Waals surface area contributed by atoms with E-state index in [1.165, 1.54) is 0 Å². The number of hydrogen-bond donors (Lipinski definition) is 2. The van der Waals surface area contributed by atoms with Crippen LogP contribution in [0.25, 0.3) is 0 Å². The molecule has 0 aromatic heterocycles. The molecule has 2 N–H and O–H groups in total. The van der Waals surface area contributed by atoms with Crippen LogP contribution in [0.5, 0.6) is 5.75 Å². The van der Waals surface area contributed by atoms with Crippen molar-refractivity contribution in [2.75, 3.05) is 51.7 Å². The summed E-state index contributed by atoms with van der Waals surface area (Å²) in [7, 11) is 2.16. The highest BCUT2D eigenvalue weighted by Gasteiger charge is 2.23. The highest BCUT2D eigenvalue weighted by molar-refractivity contribution is 5.89. The van der Waals surface area contributed by atoms with Crippen molar-refractivity contribution in [3.05, 3.63) is 24.3 Å². The molecule has 6 heteroatoms. The van der Waals surface area contributed by atoms with Gasteiger partial charge in [0, 0.05) is 44.5 Å². The van der Waals surface area contributed by atoms with Crippen molar-refractivity contribution in [1.29, 1.82) is 0 Å². The van der Waals surface area contributed by atoms with E-state index in [1.54, 1.807) is 0 Å². The number of nitrogens with one attached hydrogen (secondary N) is 2. The molecule has 126 valence electrons. The lowest BCUT2D eigenvalue weighted by Gasteiger charge is -2.32. The fourth-order valence-corrected chi connectivity index (χ4v) is 2.58. The Kier molecular flexibility index (Phi) is 5.35. The Labute approximate surface area is 137 Å². The minimum absolute atomic E-state index is 0.128. The molecule has 0 unspecified atom stereocenters. The highest BCUT2D eigenvalue weighted by Crippen LogP contribution is 2.19. The molecule has 2 fully saturated rings. The molecule has 23 heavy (non-hydrogen) atoms. The highest BCUT2D eigenvalue weighted by atomic mass is 16.5. The van der Waals surface area contributed by atoms with Gasteiger partial charge < -0.3 is 20.3 Å². The minimum Gasteiger partial charge on any atom is -0.492 e. The summed E-state index contributed by atoms with van der Waals surface area (Å²) in [4.78, 5) is 16.4. The first-order valence-electron chi connectivity index (χ1n) is 8.40. The predicted molar refractivity (Wildman–Crippen MR) is 91.1 cm³/mol. The first kappa shape index (κ1) is 16.1. The lowest BCUT2D eigenvalue weighted by atomic mass is 10.3. The number of urea groups is 1. The van der Waals surface area contributed by atoms with Crippen LogP contribution < -0.4 is 15.4 Å². The SMILES string of the molecule is CN1CCN(CCOc2ccc(NC(=O)NC3CC3)cc2)CC1. The average Bonchev–Trinajstić information content (AvgIpc) is 3.35. The molecule has 2 amide bonds. The fraction of sp³-hybridized carbons (Fsp3) is 0.588. The summed E-state index contributed by atoms with van der Waals surface area (Å²) in [6, 6.07) is 7.78. The van der Waals surface area contributed by atoms with Crippen molar-refractivity contribution in [1.82, 2.24) is 15.1 Å². The number of nitrogens with zero attached hydrogens (tertiary/aromatic N) is 2. The Bertz CT molecular complexity index is 508. The second-order valence-electron chi connectivity index (χ2n) is 6.39. The van der Waals surface area contributed by atoms with Gasteiger partial charge in [0.2, 0.25) is 0 Å². The smallest absolute Gasteiger partial charge is 0.319 e. The number of ether oxygens (including phenoxy) is 1. The Hall–Kier alpha value is -1.79. The molecule has 6 nitrogen and oxygen atoms in total. The number of hydrogen-bond acceptors (Lipinski definition) is 4. The maximum atomic E-state index is 11.7. The van der Waals surface area contributed by atoms with Crippen molar-refractivity contribution in [3.8, 4) is 5.75 Å². The Morgan fingerprint density at radius 3 is 2.52 bits per heavy atom. The van der Waals surface area contributed by atoms with Crippen LogP contribution in [0.4, 0.5) is 10.5 Å². The largest absolute Gasteiger partial charge is 0.492 e. The number of anilines is 1. The number of rotatable bonds is 6. The summed E-state index contributed by atoms with van der Waals surface area (Å²) >= 11 is 0. The Balaban J connectivity index is 1.36. The number of carbonyl (C=O) groups is 1. The van der Waals surface area contributed by atoms with Gasteiger partial charge in [0.25, 0.3) is 0 Å². The summed E-state index contributed by atoms with van der Waals surface area (Å²) in [6.45, 7) is 6.13. The third-order valence-corrected chi connectivity index (χ3v) is 4.30. The summed E-state index contributed by atoms with van der Waals surface area (Å²) in [5.41, 5.74) is 0.787. The molecule has 1 aliphatic heterocycles. The monoisotopic (exact) mass is 318 g/mol. The molecule has 1 saturated heterocycles. The van der Waals surface area contributed by atoms with Crippen LogP contribution in [0.3, 0.4) is 0 Å². The van der Waals surface area contributed by atoms with Crippen molar-refractivity contribution in [3.63, 3.8) is 0 Å². The summed E-state index contributed by atoms with van der Waals surface area (Å²) in [6.07, 6.45) is 2.18. The number of piperazine rings is 1. The van der Waals surface area contributed by atoms with E-state index >= 15 is 0 Å². The molecule has 1 heterocycles. The van der Waals surface area contributed by atoms with Gasteiger partial charge in [-0.25, -0.2) is 4.79 Å². The summed E-state index contributed by atoms with van der Waals surface area (Å²) < 4.78 is 5.79. The normalized spacial score (nSPS) is 19.3. The minimum atomic E-state index is -0.128. The standard InChI is InChI=1S/C17H26N4O2/c1-20-8-10-21(11-9-20)12-13-23-16-6-4-15(5-7-16)19-17(22)18-14-2-3-14/h4-7,14H,2-3,8-13H2,1H3,(H2,18,19,22). The second kappa shape index (κ2) is 7.66. The number of benzene rings is 1. The van der Waals surface area contributed by atoms with Crippen LogP contribution in [0, 0.1) is 0 Å². The van der Waals surface area contributed by atoms with E-state index in [2.05, 4.69) is 27.5 Å². The summed E-state index contributed by atoms with van der Waals surface area (Å²) in [5, 5.41) is 5.73. The van der Waals surface area contributed by atoms with Gasteiger partial charge in [0.15, 0.2) is 0 Å². The Morgan fingerprint density at radius 2 is 1.87 bits per heavy atom. The first-order chi connectivity index (χ1) is 11.2. The first-order valence-corrected chi connectivity index (χ1v) is 8.40. The molecule has 1 aromatic carbocycles. The van der Waals surface area contributed by atoms with E-state index in [4.69, 9.17) is 4.74 Å². The van der Waals surface area contributed by atoms with Gasteiger partial charge in [-0.1, -0.05) is 0 Å². The zero-order valence-electron chi connectivity index (χ0n) is 13.8. The van der Waals surface area contributed by atoms with Crippen molar-refractivity contribution >= 4 is 11.7 Å². The average molecular weight is 318 g/mol. The molecule has 3 rings (SSSR count). The van der Waals surface area contributed by atoms with Crippen molar-refractivity contribution < 1.29 is 9.53 Å². The van der Waals surface area contributed by atoms with Crippen LogP contribution in [-0.2, 0) is 0 Å². The molecule has 1 aromatic rings. The van der Waals surface area contributed by atoms with Crippen molar-refractivity contribution in [2.45, 2.75) is 18.9 Å². The van der Waals surface area contributed by atoms with Crippen LogP contribution in [0.2, 0.25) is 0 Å². The van der Waals surface area contributed by atoms with E-state index in [0.29, 0.717) is 12.6 Å². The third-order valence-electron chi connectivity index (χ3n) is 4.30.